The van der Waals surface area contributed by atoms with Crippen LogP contribution in [0.15, 0.2) is 68.2 Å². The molecule has 0 amide bonds. The molecule has 0 saturated heterocycles. The van der Waals surface area contributed by atoms with Gasteiger partial charge in [-0.05, 0) is 25.1 Å². The van der Waals surface area contributed by atoms with E-state index in [1.54, 1.807) is 43.3 Å². The lowest BCUT2D eigenvalue weighted by molar-refractivity contribution is 0.0438. The van der Waals surface area contributed by atoms with Gasteiger partial charge in [0.1, 0.15) is 11.2 Å². The van der Waals surface area contributed by atoms with Crippen molar-refractivity contribution >= 4 is 33.7 Å². The van der Waals surface area contributed by atoms with Crippen LogP contribution in [0.25, 0.3) is 21.9 Å². The molecule has 0 aliphatic rings. The largest absolute Gasteiger partial charge is 0.453 e. The highest BCUT2D eigenvalue weighted by Gasteiger charge is 2.20. The highest BCUT2D eigenvalue weighted by molar-refractivity contribution is 6.02. The summed E-state index contributed by atoms with van der Waals surface area (Å²) in [6.07, 6.45) is 0. The maximum atomic E-state index is 12.4. The van der Waals surface area contributed by atoms with E-state index in [9.17, 15) is 14.4 Å². The first-order chi connectivity index (χ1) is 13.0. The Morgan fingerprint density at radius 3 is 2.26 bits per heavy atom. The van der Waals surface area contributed by atoms with Crippen LogP contribution >= 0.6 is 0 Å². The molecule has 2 aromatic heterocycles. The third-order valence-electron chi connectivity index (χ3n) is 4.27. The lowest BCUT2D eigenvalue weighted by Crippen LogP contribution is -2.16. The Kier molecular flexibility index (Phi) is 4.08. The lowest BCUT2D eigenvalue weighted by atomic mass is 10.1. The third-order valence-corrected chi connectivity index (χ3v) is 4.27. The predicted molar refractivity (Wildman–Crippen MR) is 98.0 cm³/mol. The quantitative estimate of drug-likeness (QED) is 0.404. The number of rotatable bonds is 4. The Labute approximate surface area is 153 Å². The van der Waals surface area contributed by atoms with E-state index in [1.165, 1.54) is 0 Å². The van der Waals surface area contributed by atoms with Gasteiger partial charge in [-0.1, -0.05) is 30.3 Å². The van der Waals surface area contributed by atoms with E-state index in [2.05, 4.69) is 0 Å². The molecule has 0 bridgehead atoms. The minimum Gasteiger partial charge on any atom is -0.453 e. The molecular formula is C21H14O6. The molecule has 6 nitrogen and oxygen atoms in total. The van der Waals surface area contributed by atoms with Crippen LogP contribution in [0.5, 0.6) is 0 Å². The van der Waals surface area contributed by atoms with Crippen molar-refractivity contribution in [1.82, 2.24) is 0 Å². The van der Waals surface area contributed by atoms with E-state index in [4.69, 9.17) is 13.6 Å². The normalized spacial score (nSPS) is 11.0. The number of esters is 1. The van der Waals surface area contributed by atoms with Crippen molar-refractivity contribution in [2.45, 2.75) is 6.92 Å². The summed E-state index contributed by atoms with van der Waals surface area (Å²) in [6.45, 7) is 1.25. The highest BCUT2D eigenvalue weighted by Crippen LogP contribution is 2.25. The maximum Gasteiger partial charge on any atom is 0.374 e. The minimum absolute atomic E-state index is 0.143. The number of fused-ring (bicyclic) bond motifs is 2. The molecule has 27 heavy (non-hydrogen) atoms. The molecule has 4 rings (SSSR count). The number of hydrogen-bond donors (Lipinski definition) is 0. The topological polar surface area (TPSA) is 86.7 Å². The van der Waals surface area contributed by atoms with Gasteiger partial charge in [-0.25, -0.2) is 4.79 Å². The molecule has 0 N–H and O–H groups in total. The summed E-state index contributed by atoms with van der Waals surface area (Å²) < 4.78 is 16.0. The fourth-order valence-corrected chi connectivity index (χ4v) is 2.91. The van der Waals surface area contributed by atoms with Crippen molar-refractivity contribution in [3.63, 3.8) is 0 Å². The predicted octanol–water partition coefficient (Wildman–Crippen LogP) is 3.89. The fraction of sp³-hybridized carbons (Fsp3) is 0.0952. The number of aryl methyl sites for hydroxylation is 1. The Bertz CT molecular complexity index is 1240. The number of ether oxygens (including phenoxy) is 1. The summed E-state index contributed by atoms with van der Waals surface area (Å²) in [5.41, 5.74) is 1.19. The van der Waals surface area contributed by atoms with Crippen LogP contribution < -0.4 is 5.43 Å². The van der Waals surface area contributed by atoms with Gasteiger partial charge in [0.25, 0.3) is 0 Å². The molecule has 6 heteroatoms. The van der Waals surface area contributed by atoms with Crippen LogP contribution in [0.1, 0.15) is 26.7 Å². The molecule has 0 spiro atoms. The van der Waals surface area contributed by atoms with Crippen LogP contribution in [0, 0.1) is 6.92 Å². The highest BCUT2D eigenvalue weighted by atomic mass is 16.5. The molecule has 0 atom stereocenters. The summed E-state index contributed by atoms with van der Waals surface area (Å²) in [5, 5.41) is 1.19. The number of furan rings is 1. The van der Waals surface area contributed by atoms with Crippen molar-refractivity contribution in [2.24, 2.45) is 0 Å². The van der Waals surface area contributed by atoms with Gasteiger partial charge >= 0.3 is 5.97 Å². The molecule has 134 valence electrons. The van der Waals surface area contributed by atoms with Crippen LogP contribution in [0.4, 0.5) is 0 Å². The number of ketones is 1. The summed E-state index contributed by atoms with van der Waals surface area (Å²) in [6, 6.07) is 14.9. The van der Waals surface area contributed by atoms with Gasteiger partial charge in [0.05, 0.1) is 5.39 Å². The average Bonchev–Trinajstić information content (AvgIpc) is 3.03. The van der Waals surface area contributed by atoms with E-state index in [0.29, 0.717) is 16.5 Å². The van der Waals surface area contributed by atoms with E-state index in [1.807, 2.05) is 12.1 Å². The minimum atomic E-state index is -0.889. The molecule has 0 saturated carbocycles. The van der Waals surface area contributed by atoms with E-state index in [0.717, 1.165) is 11.5 Å². The van der Waals surface area contributed by atoms with Gasteiger partial charge in [-0.15, -0.1) is 0 Å². The monoisotopic (exact) mass is 362 g/mol. The van der Waals surface area contributed by atoms with Gasteiger partial charge in [0, 0.05) is 17.0 Å². The Morgan fingerprint density at radius 2 is 1.56 bits per heavy atom. The number of carbonyl (C=O) groups excluding carboxylic acids is 2. The molecule has 0 unspecified atom stereocenters. The molecule has 2 heterocycles. The van der Waals surface area contributed by atoms with Crippen molar-refractivity contribution in [3.05, 3.63) is 81.9 Å². The standard InChI is InChI=1S/C21H14O6/c1-12-13-6-2-4-8-17(13)27-20(12)16(23)11-25-21(24)19-10-15(22)14-7-3-5-9-18(14)26-19/h2-10H,11H2,1H3. The lowest BCUT2D eigenvalue weighted by Gasteiger charge is -2.04. The van der Waals surface area contributed by atoms with Gasteiger partial charge in [-0.3, -0.25) is 9.59 Å². The number of Topliss-reactive ketones (excluding diaryl/α,β-unsaturated/α-hetero) is 1. The first-order valence-electron chi connectivity index (χ1n) is 8.26. The zero-order chi connectivity index (χ0) is 19.0. The van der Waals surface area contributed by atoms with Crippen LogP contribution in [-0.4, -0.2) is 18.4 Å². The first-order valence-corrected chi connectivity index (χ1v) is 8.26. The van der Waals surface area contributed by atoms with Crippen LogP contribution in [0.2, 0.25) is 0 Å². The van der Waals surface area contributed by atoms with Gasteiger partial charge in [0.15, 0.2) is 17.8 Å². The number of para-hydroxylation sites is 2. The molecule has 0 aliphatic carbocycles. The van der Waals surface area contributed by atoms with E-state index < -0.39 is 18.4 Å². The summed E-state index contributed by atoms with van der Waals surface area (Å²) in [5.74, 6) is -1.48. The van der Waals surface area contributed by atoms with Crippen molar-refractivity contribution < 1.29 is 23.2 Å². The van der Waals surface area contributed by atoms with Crippen LogP contribution in [0.3, 0.4) is 0 Å². The summed E-state index contributed by atoms with van der Waals surface area (Å²) in [7, 11) is 0. The Hall–Kier alpha value is -3.67. The number of hydrogen-bond acceptors (Lipinski definition) is 6. The second-order valence-corrected chi connectivity index (χ2v) is 6.02. The van der Waals surface area contributed by atoms with Crippen molar-refractivity contribution in [2.75, 3.05) is 6.61 Å². The van der Waals surface area contributed by atoms with Crippen LogP contribution in [-0.2, 0) is 4.74 Å². The third kappa shape index (κ3) is 3.01. The Morgan fingerprint density at radius 1 is 0.926 bits per heavy atom. The SMILES string of the molecule is Cc1c(C(=O)COC(=O)c2cc(=O)c3ccccc3o2)oc2ccccc12. The molecule has 4 aromatic rings. The van der Waals surface area contributed by atoms with E-state index in [-0.39, 0.29) is 22.5 Å². The summed E-state index contributed by atoms with van der Waals surface area (Å²) >= 11 is 0. The molecule has 0 radical (unpaired) electrons. The van der Waals surface area contributed by atoms with Gasteiger partial charge in [-0.2, -0.15) is 0 Å². The zero-order valence-corrected chi connectivity index (χ0v) is 14.4. The second-order valence-electron chi connectivity index (χ2n) is 6.02. The average molecular weight is 362 g/mol. The van der Waals surface area contributed by atoms with Crippen molar-refractivity contribution in [3.8, 4) is 0 Å². The fourth-order valence-electron chi connectivity index (χ4n) is 2.91. The summed E-state index contributed by atoms with van der Waals surface area (Å²) in [4.78, 5) is 36.6. The van der Waals surface area contributed by atoms with Gasteiger partial charge < -0.3 is 13.6 Å². The number of carbonyl (C=O) groups is 2. The first kappa shape index (κ1) is 16.8. The second kappa shape index (κ2) is 6.57. The van der Waals surface area contributed by atoms with E-state index >= 15 is 0 Å². The zero-order valence-electron chi connectivity index (χ0n) is 14.4. The van der Waals surface area contributed by atoms with Gasteiger partial charge in [0.2, 0.25) is 11.5 Å². The smallest absolute Gasteiger partial charge is 0.374 e. The molecular weight excluding hydrogens is 348 g/mol. The molecule has 0 fully saturated rings. The number of benzene rings is 2. The van der Waals surface area contributed by atoms with Crippen molar-refractivity contribution in [1.29, 1.82) is 0 Å². The molecule has 0 aliphatic heterocycles. The Balaban J connectivity index is 1.54. The maximum absolute atomic E-state index is 12.4. The molecule has 2 aromatic carbocycles.